The van der Waals surface area contributed by atoms with Crippen molar-refractivity contribution in [2.75, 3.05) is 13.7 Å². The van der Waals surface area contributed by atoms with Gasteiger partial charge in [-0.3, -0.25) is 4.99 Å². The molecule has 5 atom stereocenters. The predicted molar refractivity (Wildman–Crippen MR) is 122 cm³/mol. The summed E-state index contributed by atoms with van der Waals surface area (Å²) < 4.78 is 6.03. The Kier molecular flexibility index (Phi) is 5.16. The van der Waals surface area contributed by atoms with Crippen molar-refractivity contribution in [1.29, 1.82) is 0 Å². The molecule has 3 nitrogen and oxygen atoms in total. The van der Waals surface area contributed by atoms with Crippen LogP contribution in [0.15, 0.2) is 35.3 Å². The van der Waals surface area contributed by atoms with Gasteiger partial charge in [0.2, 0.25) is 0 Å². The first-order valence-electron chi connectivity index (χ1n) is 11.5. The highest BCUT2D eigenvalue weighted by Crippen LogP contribution is 2.71. The third kappa shape index (κ3) is 3.14. The van der Waals surface area contributed by atoms with Gasteiger partial charge in [0.1, 0.15) is 4.99 Å². The molecule has 0 heterocycles. The van der Waals surface area contributed by atoms with Crippen molar-refractivity contribution < 1.29 is 4.74 Å². The van der Waals surface area contributed by atoms with Crippen LogP contribution < -0.4 is 5.73 Å². The molecule has 0 amide bonds. The van der Waals surface area contributed by atoms with E-state index < -0.39 is 0 Å². The van der Waals surface area contributed by atoms with Gasteiger partial charge in [0, 0.05) is 18.7 Å². The second-order valence-corrected chi connectivity index (χ2v) is 10.6. The van der Waals surface area contributed by atoms with E-state index in [0.29, 0.717) is 29.8 Å². The second-order valence-electron chi connectivity index (χ2n) is 10.3. The lowest BCUT2D eigenvalue weighted by Crippen LogP contribution is -2.39. The van der Waals surface area contributed by atoms with E-state index in [4.69, 9.17) is 27.7 Å². The van der Waals surface area contributed by atoms with Gasteiger partial charge in [-0.1, -0.05) is 42.5 Å². The van der Waals surface area contributed by atoms with Crippen LogP contribution in [0, 0.1) is 29.1 Å². The lowest BCUT2D eigenvalue weighted by atomic mass is 9.63. The van der Waals surface area contributed by atoms with E-state index >= 15 is 0 Å². The summed E-state index contributed by atoms with van der Waals surface area (Å²) in [4.78, 5) is 5.95. The number of hydrogen-bond donors (Lipinski definition) is 1. The molecule has 5 fully saturated rings. The number of ether oxygens (including phenoxy) is 1. The van der Waals surface area contributed by atoms with Crippen LogP contribution >= 0.6 is 12.2 Å². The Balaban J connectivity index is 1.38. The summed E-state index contributed by atoms with van der Waals surface area (Å²) in [6.45, 7) is 0.828. The highest BCUT2D eigenvalue weighted by molar-refractivity contribution is 7.80. The predicted octanol–water partition coefficient (Wildman–Crippen LogP) is 4.92. The Hall–Kier alpha value is -1.10. The molecule has 0 aliphatic heterocycles. The molecule has 1 aromatic carbocycles. The summed E-state index contributed by atoms with van der Waals surface area (Å²) >= 11 is 6.06. The minimum Gasteiger partial charge on any atom is -0.381 e. The Morgan fingerprint density at radius 1 is 1.17 bits per heavy atom. The number of nitrogens with two attached hydrogens (primary N) is 1. The average molecular weight is 411 g/mol. The van der Waals surface area contributed by atoms with E-state index in [1.165, 1.54) is 50.5 Å². The number of rotatable bonds is 5. The zero-order valence-corrected chi connectivity index (χ0v) is 18.4. The summed E-state index contributed by atoms with van der Waals surface area (Å²) in [7, 11) is 1.89. The fourth-order valence-electron chi connectivity index (χ4n) is 7.52. The number of hydrogen-bond acceptors (Lipinski definition) is 3. The Labute approximate surface area is 180 Å². The summed E-state index contributed by atoms with van der Waals surface area (Å²) in [6, 6.07) is 11.1. The lowest BCUT2D eigenvalue weighted by molar-refractivity contribution is 0.00248. The van der Waals surface area contributed by atoms with E-state index in [2.05, 4.69) is 36.5 Å². The van der Waals surface area contributed by atoms with Crippen LogP contribution in [0.1, 0.15) is 56.9 Å². The van der Waals surface area contributed by atoms with Crippen molar-refractivity contribution in [3.63, 3.8) is 0 Å². The average Bonchev–Trinajstić information content (AvgIpc) is 3.14. The summed E-state index contributed by atoms with van der Waals surface area (Å²) in [5.74, 6) is 2.41. The first kappa shape index (κ1) is 19.8. The van der Waals surface area contributed by atoms with E-state index in [1.807, 2.05) is 7.11 Å². The maximum Gasteiger partial charge on any atom is 0.109 e. The van der Waals surface area contributed by atoms with Crippen molar-refractivity contribution in [1.82, 2.24) is 0 Å². The topological polar surface area (TPSA) is 47.6 Å². The van der Waals surface area contributed by atoms with Gasteiger partial charge in [-0.05, 0) is 92.6 Å². The van der Waals surface area contributed by atoms with Crippen LogP contribution in [0.5, 0.6) is 0 Å². The lowest BCUT2D eigenvalue weighted by Gasteiger charge is -2.42. The highest BCUT2D eigenvalue weighted by atomic mass is 32.1. The van der Waals surface area contributed by atoms with Gasteiger partial charge in [-0.2, -0.15) is 0 Å². The van der Waals surface area contributed by atoms with Crippen LogP contribution in [0.25, 0.3) is 0 Å². The maximum atomic E-state index is 6.06. The molecule has 4 heteroatoms. The molecule has 4 bridgehead atoms. The van der Waals surface area contributed by atoms with Crippen molar-refractivity contribution in [2.24, 2.45) is 39.8 Å². The molecule has 5 saturated carbocycles. The molecule has 5 unspecified atom stereocenters. The molecule has 5 aliphatic carbocycles. The normalized spacial score (nSPS) is 43.3. The highest BCUT2D eigenvalue weighted by Gasteiger charge is 2.70. The summed E-state index contributed by atoms with van der Waals surface area (Å²) in [5.41, 5.74) is 7.67. The van der Waals surface area contributed by atoms with Crippen molar-refractivity contribution in [3.05, 3.63) is 35.9 Å². The van der Waals surface area contributed by atoms with Crippen LogP contribution in [0.4, 0.5) is 0 Å². The number of benzene rings is 1. The van der Waals surface area contributed by atoms with Crippen LogP contribution in [-0.2, 0) is 10.2 Å². The third-order valence-electron chi connectivity index (χ3n) is 8.83. The number of methoxy groups -OCH3 is 1. The smallest absolute Gasteiger partial charge is 0.109 e. The molecule has 6 rings (SSSR count). The first-order valence-corrected chi connectivity index (χ1v) is 11.9. The van der Waals surface area contributed by atoms with Gasteiger partial charge >= 0.3 is 0 Å². The van der Waals surface area contributed by atoms with Gasteiger partial charge in [0.25, 0.3) is 0 Å². The van der Waals surface area contributed by atoms with E-state index in [0.717, 1.165) is 18.0 Å². The van der Waals surface area contributed by atoms with E-state index in [-0.39, 0.29) is 10.8 Å². The molecule has 156 valence electrons. The molecule has 29 heavy (non-hydrogen) atoms. The molecule has 0 aromatic heterocycles. The van der Waals surface area contributed by atoms with Crippen molar-refractivity contribution >= 4 is 23.4 Å². The maximum absolute atomic E-state index is 6.06. The Bertz CT molecular complexity index is 787. The standard InChI is InChI=1S/C25H34N2OS/c1-28-22-19-11-24(20-5-3-2-4-6-20)13-21(22)25(12-19,16-24)23(29)27-15-18-9-7-17(14-26)8-10-18/h2-6,15,17-19,21-22H,7-14,16,26H2,1H3/b27-15+. The molecule has 0 spiro atoms. The molecule has 5 aliphatic rings. The van der Waals surface area contributed by atoms with Gasteiger partial charge < -0.3 is 10.5 Å². The van der Waals surface area contributed by atoms with Crippen LogP contribution in [0.3, 0.4) is 0 Å². The van der Waals surface area contributed by atoms with Crippen LogP contribution in [-0.4, -0.2) is 31.0 Å². The SMILES string of the molecule is COC1C2CC3(c4ccccc4)CC1C(C(=S)/N=C/C1CCC(CN)CC1)(C2)C3. The van der Waals surface area contributed by atoms with Gasteiger partial charge in [-0.15, -0.1) is 0 Å². The summed E-state index contributed by atoms with van der Waals surface area (Å²) in [5, 5.41) is 0. The number of thiocarbonyl (C=S) groups is 1. The quantitative estimate of drug-likeness (QED) is 0.553. The molecule has 2 N–H and O–H groups in total. The molecular weight excluding hydrogens is 376 g/mol. The van der Waals surface area contributed by atoms with Crippen molar-refractivity contribution in [3.8, 4) is 0 Å². The minimum atomic E-state index is 0.0553. The second kappa shape index (κ2) is 7.55. The largest absolute Gasteiger partial charge is 0.381 e. The van der Waals surface area contributed by atoms with Gasteiger partial charge in [0.15, 0.2) is 0 Å². The zero-order chi connectivity index (χ0) is 20.1. The molecule has 1 aromatic rings. The van der Waals surface area contributed by atoms with Crippen molar-refractivity contribution in [2.45, 2.75) is 62.9 Å². The van der Waals surface area contributed by atoms with E-state index in [1.54, 1.807) is 0 Å². The molecule has 0 radical (unpaired) electrons. The Morgan fingerprint density at radius 3 is 2.62 bits per heavy atom. The van der Waals surface area contributed by atoms with Crippen LogP contribution in [0.2, 0.25) is 0 Å². The Morgan fingerprint density at radius 2 is 1.93 bits per heavy atom. The zero-order valence-electron chi connectivity index (χ0n) is 17.6. The first-order chi connectivity index (χ1) is 14.1. The third-order valence-corrected chi connectivity index (χ3v) is 9.34. The van der Waals surface area contributed by atoms with Gasteiger partial charge in [-0.25, -0.2) is 0 Å². The fourth-order valence-corrected chi connectivity index (χ4v) is 7.89. The number of aliphatic imine (C=N–C) groups is 1. The molecular formula is C25H34N2OS. The number of nitrogens with zero attached hydrogens (tertiary/aromatic N) is 1. The monoisotopic (exact) mass is 410 g/mol. The van der Waals surface area contributed by atoms with E-state index in [9.17, 15) is 0 Å². The van der Waals surface area contributed by atoms with Gasteiger partial charge in [0.05, 0.1) is 6.10 Å². The fraction of sp³-hybridized carbons (Fsp3) is 0.680. The molecule has 0 saturated heterocycles. The minimum absolute atomic E-state index is 0.0553. The summed E-state index contributed by atoms with van der Waals surface area (Å²) in [6.07, 6.45) is 12.2.